The fourth-order valence-electron chi connectivity index (χ4n) is 2.42. The number of carbonyl (C=O) groups excluding carboxylic acids is 2. The van der Waals surface area contributed by atoms with Crippen LogP contribution in [0.1, 0.15) is 42.1 Å². The van der Waals surface area contributed by atoms with Gasteiger partial charge in [-0.25, -0.2) is 0 Å². The Hall–Kier alpha value is -2.82. The first-order valence-corrected chi connectivity index (χ1v) is 8.61. The number of hydrogen-bond acceptors (Lipinski definition) is 3. The van der Waals surface area contributed by atoms with Gasteiger partial charge >= 0.3 is 0 Å². The zero-order valence-corrected chi connectivity index (χ0v) is 14.5. The molecule has 0 aliphatic heterocycles. The molecule has 132 valence electrons. The molecule has 25 heavy (non-hydrogen) atoms. The number of nitrogens with two attached hydrogens (primary N) is 1. The Morgan fingerprint density at radius 1 is 1.04 bits per heavy atom. The molecular weight excluding hydrogens is 314 g/mol. The van der Waals surface area contributed by atoms with E-state index in [1.54, 1.807) is 24.3 Å². The van der Waals surface area contributed by atoms with Gasteiger partial charge in [-0.3, -0.25) is 9.59 Å². The first-order chi connectivity index (χ1) is 12.1. The highest BCUT2D eigenvalue weighted by Crippen LogP contribution is 2.16. The predicted octanol–water partition coefficient (Wildman–Crippen LogP) is 3.37. The van der Waals surface area contributed by atoms with Crippen molar-refractivity contribution in [3.8, 4) is 0 Å². The summed E-state index contributed by atoms with van der Waals surface area (Å²) in [6, 6.07) is 14.5. The van der Waals surface area contributed by atoms with Crippen LogP contribution >= 0.6 is 0 Å². The normalized spacial score (nSPS) is 10.3. The first kappa shape index (κ1) is 18.5. The molecule has 0 atom stereocenters. The number of rotatable bonds is 8. The molecule has 0 fully saturated rings. The number of unbranched alkanes of at least 4 members (excludes halogenated alkanes) is 1. The number of benzene rings is 2. The first-order valence-electron chi connectivity index (χ1n) is 8.61. The van der Waals surface area contributed by atoms with Gasteiger partial charge in [-0.1, -0.05) is 37.6 Å². The molecule has 0 saturated carbocycles. The van der Waals surface area contributed by atoms with E-state index in [1.807, 2.05) is 24.3 Å². The van der Waals surface area contributed by atoms with Crippen molar-refractivity contribution in [2.24, 2.45) is 0 Å². The number of hydrogen-bond donors (Lipinski definition) is 3. The minimum absolute atomic E-state index is 0.120. The molecule has 0 aliphatic carbocycles. The maximum atomic E-state index is 12.3. The molecule has 5 nitrogen and oxygen atoms in total. The summed E-state index contributed by atoms with van der Waals surface area (Å²) in [4.78, 5) is 24.5. The highest BCUT2D eigenvalue weighted by molar-refractivity contribution is 6.03. The van der Waals surface area contributed by atoms with Crippen molar-refractivity contribution in [2.45, 2.75) is 32.6 Å². The zero-order chi connectivity index (χ0) is 18.1. The van der Waals surface area contributed by atoms with Crippen LogP contribution in [0.5, 0.6) is 0 Å². The Morgan fingerprint density at radius 2 is 1.76 bits per heavy atom. The quantitative estimate of drug-likeness (QED) is 0.509. The summed E-state index contributed by atoms with van der Waals surface area (Å²) in [6.45, 7) is 2.70. The number of carbonyl (C=O) groups is 2. The molecule has 0 aromatic heterocycles. The van der Waals surface area contributed by atoms with Crippen LogP contribution < -0.4 is 16.4 Å². The second kappa shape index (κ2) is 9.47. The molecular formula is C20H25N3O2. The van der Waals surface area contributed by atoms with E-state index in [-0.39, 0.29) is 11.8 Å². The molecule has 2 aromatic carbocycles. The van der Waals surface area contributed by atoms with Gasteiger partial charge in [0.15, 0.2) is 0 Å². The summed E-state index contributed by atoms with van der Waals surface area (Å²) in [7, 11) is 0. The monoisotopic (exact) mass is 339 g/mol. The molecule has 0 radical (unpaired) electrons. The van der Waals surface area contributed by atoms with Gasteiger partial charge in [-0.15, -0.1) is 0 Å². The average Bonchev–Trinajstić information content (AvgIpc) is 2.62. The van der Waals surface area contributed by atoms with Crippen LogP contribution in [-0.2, 0) is 11.2 Å². The van der Waals surface area contributed by atoms with Crippen LogP contribution in [0.25, 0.3) is 0 Å². The van der Waals surface area contributed by atoms with Gasteiger partial charge in [-0.2, -0.15) is 0 Å². The van der Waals surface area contributed by atoms with Gasteiger partial charge in [0.1, 0.15) is 0 Å². The summed E-state index contributed by atoms with van der Waals surface area (Å²) in [5.74, 6) is -0.284. The molecule has 0 saturated heterocycles. The SMILES string of the molecule is CCCCNC(=O)c1ccccc1NC(=O)CCc1ccc(N)cc1. The minimum Gasteiger partial charge on any atom is -0.399 e. The molecule has 4 N–H and O–H groups in total. The largest absolute Gasteiger partial charge is 0.399 e. The van der Waals surface area contributed by atoms with Crippen molar-refractivity contribution in [3.63, 3.8) is 0 Å². The maximum absolute atomic E-state index is 12.3. The molecule has 0 spiro atoms. The predicted molar refractivity (Wildman–Crippen MR) is 101 cm³/mol. The second-order valence-corrected chi connectivity index (χ2v) is 5.94. The lowest BCUT2D eigenvalue weighted by molar-refractivity contribution is -0.116. The number of amides is 2. The number of anilines is 2. The van der Waals surface area contributed by atoms with Crippen LogP contribution in [0.15, 0.2) is 48.5 Å². The van der Waals surface area contributed by atoms with E-state index in [2.05, 4.69) is 17.6 Å². The van der Waals surface area contributed by atoms with E-state index in [9.17, 15) is 9.59 Å². The summed E-state index contributed by atoms with van der Waals surface area (Å²) in [5.41, 5.74) is 8.44. The highest BCUT2D eigenvalue weighted by Gasteiger charge is 2.12. The minimum atomic E-state index is -0.164. The van der Waals surface area contributed by atoms with Crippen molar-refractivity contribution in [2.75, 3.05) is 17.6 Å². The van der Waals surface area contributed by atoms with Crippen molar-refractivity contribution in [1.82, 2.24) is 5.32 Å². The summed E-state index contributed by atoms with van der Waals surface area (Å²) >= 11 is 0. The van der Waals surface area contributed by atoms with Gasteiger partial charge in [0.25, 0.3) is 5.91 Å². The third-order valence-electron chi connectivity index (χ3n) is 3.88. The smallest absolute Gasteiger partial charge is 0.253 e. The molecule has 0 aliphatic rings. The van der Waals surface area contributed by atoms with E-state index in [1.165, 1.54) is 0 Å². The Morgan fingerprint density at radius 3 is 2.48 bits per heavy atom. The third-order valence-corrected chi connectivity index (χ3v) is 3.88. The number of aryl methyl sites for hydroxylation is 1. The van der Waals surface area contributed by atoms with E-state index in [0.717, 1.165) is 18.4 Å². The molecule has 2 amide bonds. The average molecular weight is 339 g/mol. The fraction of sp³-hybridized carbons (Fsp3) is 0.300. The van der Waals surface area contributed by atoms with Crippen LogP contribution in [-0.4, -0.2) is 18.4 Å². The van der Waals surface area contributed by atoms with Gasteiger partial charge in [-0.05, 0) is 42.7 Å². The summed E-state index contributed by atoms with van der Waals surface area (Å²) in [5, 5.41) is 5.71. The van der Waals surface area contributed by atoms with Crippen LogP contribution in [0.2, 0.25) is 0 Å². The molecule has 0 bridgehead atoms. The van der Waals surface area contributed by atoms with Crippen LogP contribution in [0, 0.1) is 0 Å². The van der Waals surface area contributed by atoms with Crippen molar-refractivity contribution in [1.29, 1.82) is 0 Å². The molecule has 2 rings (SSSR count). The fourth-order valence-corrected chi connectivity index (χ4v) is 2.42. The molecule has 0 unspecified atom stereocenters. The molecule has 2 aromatic rings. The van der Waals surface area contributed by atoms with Crippen LogP contribution in [0.3, 0.4) is 0 Å². The Balaban J connectivity index is 1.93. The van der Waals surface area contributed by atoms with Gasteiger partial charge in [0, 0.05) is 18.7 Å². The Bertz CT molecular complexity index is 711. The zero-order valence-electron chi connectivity index (χ0n) is 14.5. The third kappa shape index (κ3) is 5.95. The topological polar surface area (TPSA) is 84.2 Å². The van der Waals surface area contributed by atoms with E-state index >= 15 is 0 Å². The number of para-hydroxylation sites is 1. The molecule has 5 heteroatoms. The number of nitrogens with one attached hydrogen (secondary N) is 2. The van der Waals surface area contributed by atoms with Crippen molar-refractivity contribution >= 4 is 23.2 Å². The van der Waals surface area contributed by atoms with Crippen LogP contribution in [0.4, 0.5) is 11.4 Å². The summed E-state index contributed by atoms with van der Waals surface area (Å²) < 4.78 is 0. The van der Waals surface area contributed by atoms with Gasteiger partial charge < -0.3 is 16.4 Å². The lowest BCUT2D eigenvalue weighted by Gasteiger charge is -2.11. The lowest BCUT2D eigenvalue weighted by atomic mass is 10.1. The van der Waals surface area contributed by atoms with Gasteiger partial charge in [0.05, 0.1) is 11.3 Å². The Kier molecular flexibility index (Phi) is 7.01. The lowest BCUT2D eigenvalue weighted by Crippen LogP contribution is -2.26. The second-order valence-electron chi connectivity index (χ2n) is 5.94. The summed E-state index contributed by atoms with van der Waals surface area (Å²) in [6.07, 6.45) is 2.92. The Labute approximate surface area is 148 Å². The van der Waals surface area contributed by atoms with E-state index < -0.39 is 0 Å². The molecule has 0 heterocycles. The van der Waals surface area contributed by atoms with Crippen molar-refractivity contribution in [3.05, 3.63) is 59.7 Å². The van der Waals surface area contributed by atoms with E-state index in [0.29, 0.717) is 36.3 Å². The highest BCUT2D eigenvalue weighted by atomic mass is 16.2. The number of nitrogen functional groups attached to an aromatic ring is 1. The maximum Gasteiger partial charge on any atom is 0.253 e. The standard InChI is InChI=1S/C20H25N3O2/c1-2-3-14-22-20(25)17-6-4-5-7-18(17)23-19(24)13-10-15-8-11-16(21)12-9-15/h4-9,11-12H,2-3,10,13-14,21H2,1H3,(H,22,25)(H,23,24). The van der Waals surface area contributed by atoms with E-state index in [4.69, 9.17) is 5.73 Å². The van der Waals surface area contributed by atoms with Gasteiger partial charge in [0.2, 0.25) is 5.91 Å². The van der Waals surface area contributed by atoms with Crippen molar-refractivity contribution < 1.29 is 9.59 Å².